The number of hydrogen-bond acceptors (Lipinski definition) is 3. The van der Waals surface area contributed by atoms with E-state index in [-0.39, 0.29) is 22.8 Å². The van der Waals surface area contributed by atoms with Gasteiger partial charge in [0.15, 0.2) is 5.11 Å². The predicted octanol–water partition coefficient (Wildman–Crippen LogP) is 3.67. The molecule has 6 heteroatoms. The van der Waals surface area contributed by atoms with E-state index in [4.69, 9.17) is 12.2 Å². The number of unbranched alkanes of at least 4 members (excludes halogenated alkanes) is 2. The SMILES string of the molecule is CCCCCC(=O)NC(=S)Nc1cccc(NC(=O)C(C)C)c1. The molecule has 0 bridgehead atoms. The average molecular weight is 335 g/mol. The van der Waals surface area contributed by atoms with Gasteiger partial charge in [-0.05, 0) is 36.8 Å². The van der Waals surface area contributed by atoms with Gasteiger partial charge in [0.2, 0.25) is 11.8 Å². The number of benzene rings is 1. The highest BCUT2D eigenvalue weighted by Crippen LogP contribution is 2.16. The summed E-state index contributed by atoms with van der Waals surface area (Å²) in [6, 6.07) is 7.21. The van der Waals surface area contributed by atoms with Gasteiger partial charge in [0, 0.05) is 23.7 Å². The lowest BCUT2D eigenvalue weighted by Gasteiger charge is -2.12. The fourth-order valence-corrected chi connectivity index (χ4v) is 2.08. The summed E-state index contributed by atoms with van der Waals surface area (Å²) >= 11 is 5.13. The molecule has 0 saturated carbocycles. The molecule has 0 aliphatic carbocycles. The second-order valence-electron chi connectivity index (χ2n) is 5.68. The third-order valence-corrected chi connectivity index (χ3v) is 3.38. The summed E-state index contributed by atoms with van der Waals surface area (Å²) in [6.07, 6.45) is 3.44. The van der Waals surface area contributed by atoms with Gasteiger partial charge in [-0.2, -0.15) is 0 Å². The molecular weight excluding hydrogens is 310 g/mol. The molecule has 3 N–H and O–H groups in total. The number of carbonyl (C=O) groups is 2. The Morgan fingerprint density at radius 3 is 2.39 bits per heavy atom. The topological polar surface area (TPSA) is 70.2 Å². The highest BCUT2D eigenvalue weighted by atomic mass is 32.1. The van der Waals surface area contributed by atoms with Gasteiger partial charge in [-0.1, -0.05) is 39.7 Å². The monoisotopic (exact) mass is 335 g/mol. The van der Waals surface area contributed by atoms with Crippen molar-refractivity contribution in [2.45, 2.75) is 46.5 Å². The predicted molar refractivity (Wildman–Crippen MR) is 98.4 cm³/mol. The van der Waals surface area contributed by atoms with Gasteiger partial charge in [-0.25, -0.2) is 0 Å². The molecular formula is C17H25N3O2S. The van der Waals surface area contributed by atoms with Crippen LogP contribution < -0.4 is 16.0 Å². The molecule has 23 heavy (non-hydrogen) atoms. The van der Waals surface area contributed by atoms with E-state index in [9.17, 15) is 9.59 Å². The van der Waals surface area contributed by atoms with E-state index >= 15 is 0 Å². The summed E-state index contributed by atoms with van der Waals surface area (Å²) in [7, 11) is 0. The third-order valence-electron chi connectivity index (χ3n) is 3.17. The second kappa shape index (κ2) is 9.94. The number of anilines is 2. The Morgan fingerprint density at radius 1 is 1.13 bits per heavy atom. The first kappa shape index (κ1) is 19.1. The summed E-state index contributed by atoms with van der Waals surface area (Å²) < 4.78 is 0. The lowest BCUT2D eigenvalue weighted by atomic mass is 10.2. The van der Waals surface area contributed by atoms with E-state index in [1.165, 1.54) is 0 Å². The average Bonchev–Trinajstić information content (AvgIpc) is 2.47. The molecule has 1 aromatic carbocycles. The summed E-state index contributed by atoms with van der Waals surface area (Å²) in [6.45, 7) is 5.76. The van der Waals surface area contributed by atoms with Gasteiger partial charge in [-0.3, -0.25) is 9.59 Å². The maximum absolute atomic E-state index is 11.7. The molecule has 5 nitrogen and oxygen atoms in total. The highest BCUT2D eigenvalue weighted by molar-refractivity contribution is 7.80. The van der Waals surface area contributed by atoms with Gasteiger partial charge in [-0.15, -0.1) is 0 Å². The molecule has 0 unspecified atom stereocenters. The number of hydrogen-bond donors (Lipinski definition) is 3. The van der Waals surface area contributed by atoms with Gasteiger partial charge in [0.05, 0.1) is 0 Å². The van der Waals surface area contributed by atoms with Crippen LogP contribution in [0.25, 0.3) is 0 Å². The van der Waals surface area contributed by atoms with Crippen LogP contribution in [0.2, 0.25) is 0 Å². The van der Waals surface area contributed by atoms with Crippen molar-refractivity contribution in [1.82, 2.24) is 5.32 Å². The Labute approximate surface area is 143 Å². The fraction of sp³-hybridized carbons (Fsp3) is 0.471. The lowest BCUT2D eigenvalue weighted by Crippen LogP contribution is -2.33. The third kappa shape index (κ3) is 7.74. The standard InChI is InChI=1S/C17H25N3O2S/c1-4-5-6-10-15(21)20-17(23)19-14-9-7-8-13(11-14)18-16(22)12(2)3/h7-9,11-12H,4-6,10H2,1-3H3,(H,18,22)(H2,19,20,21,23). The fourth-order valence-electron chi connectivity index (χ4n) is 1.85. The van der Waals surface area contributed by atoms with E-state index in [1.54, 1.807) is 12.1 Å². The summed E-state index contributed by atoms with van der Waals surface area (Å²) in [4.78, 5) is 23.4. The second-order valence-corrected chi connectivity index (χ2v) is 6.09. The van der Waals surface area contributed by atoms with Crippen molar-refractivity contribution in [3.63, 3.8) is 0 Å². The Bertz CT molecular complexity index is 559. The molecule has 126 valence electrons. The molecule has 0 spiro atoms. The Kier molecular flexibility index (Phi) is 8.26. The quantitative estimate of drug-likeness (QED) is 0.525. The molecule has 1 aromatic rings. The van der Waals surface area contributed by atoms with Crippen LogP contribution in [-0.4, -0.2) is 16.9 Å². The van der Waals surface area contributed by atoms with Gasteiger partial charge >= 0.3 is 0 Å². The van der Waals surface area contributed by atoms with Gasteiger partial charge < -0.3 is 16.0 Å². The van der Waals surface area contributed by atoms with Crippen LogP contribution in [-0.2, 0) is 9.59 Å². The highest BCUT2D eigenvalue weighted by Gasteiger charge is 2.08. The lowest BCUT2D eigenvalue weighted by molar-refractivity contribution is -0.120. The van der Waals surface area contributed by atoms with Gasteiger partial charge in [0.1, 0.15) is 0 Å². The number of nitrogens with one attached hydrogen (secondary N) is 3. The maximum atomic E-state index is 11.7. The Hall–Kier alpha value is -1.95. The van der Waals surface area contributed by atoms with Crippen LogP contribution in [0.3, 0.4) is 0 Å². The van der Waals surface area contributed by atoms with E-state index < -0.39 is 0 Å². The van der Waals surface area contributed by atoms with Crippen LogP contribution in [0.5, 0.6) is 0 Å². The first-order valence-corrected chi connectivity index (χ1v) is 8.35. The molecule has 1 rings (SSSR count). The van der Waals surface area contributed by atoms with Crippen LogP contribution in [0.15, 0.2) is 24.3 Å². The zero-order valence-electron chi connectivity index (χ0n) is 13.9. The molecule has 0 atom stereocenters. The zero-order chi connectivity index (χ0) is 17.2. The molecule has 0 heterocycles. The first-order valence-electron chi connectivity index (χ1n) is 7.94. The van der Waals surface area contributed by atoms with Crippen LogP contribution in [0.4, 0.5) is 11.4 Å². The van der Waals surface area contributed by atoms with Crippen molar-refractivity contribution < 1.29 is 9.59 Å². The largest absolute Gasteiger partial charge is 0.332 e. The summed E-state index contributed by atoms with van der Waals surface area (Å²) in [5.41, 5.74) is 1.40. The minimum Gasteiger partial charge on any atom is -0.332 e. The normalized spacial score (nSPS) is 10.3. The molecule has 2 amide bonds. The van der Waals surface area contributed by atoms with E-state index in [0.29, 0.717) is 17.8 Å². The van der Waals surface area contributed by atoms with Crippen molar-refractivity contribution in [3.05, 3.63) is 24.3 Å². The molecule has 0 aliphatic heterocycles. The molecule has 0 fully saturated rings. The maximum Gasteiger partial charge on any atom is 0.226 e. The summed E-state index contributed by atoms with van der Waals surface area (Å²) in [5.74, 6) is -0.218. The van der Waals surface area contributed by atoms with Crippen molar-refractivity contribution in [1.29, 1.82) is 0 Å². The van der Waals surface area contributed by atoms with Crippen LogP contribution in [0.1, 0.15) is 46.5 Å². The minimum absolute atomic E-state index is 0.0473. The minimum atomic E-state index is -0.0879. The smallest absolute Gasteiger partial charge is 0.226 e. The van der Waals surface area contributed by atoms with E-state index in [2.05, 4.69) is 22.9 Å². The number of rotatable bonds is 7. The molecule has 0 aromatic heterocycles. The molecule has 0 aliphatic rings. The Morgan fingerprint density at radius 2 is 1.78 bits per heavy atom. The number of amides is 2. The Balaban J connectivity index is 2.52. The zero-order valence-corrected chi connectivity index (χ0v) is 14.8. The summed E-state index contributed by atoms with van der Waals surface area (Å²) in [5, 5.41) is 8.70. The number of thiocarbonyl (C=S) groups is 1. The van der Waals surface area contributed by atoms with Crippen molar-refractivity contribution in [2.75, 3.05) is 10.6 Å². The van der Waals surface area contributed by atoms with Crippen LogP contribution in [0, 0.1) is 5.92 Å². The van der Waals surface area contributed by atoms with E-state index in [1.807, 2.05) is 26.0 Å². The molecule has 0 saturated heterocycles. The van der Waals surface area contributed by atoms with Crippen molar-refractivity contribution >= 4 is 40.5 Å². The van der Waals surface area contributed by atoms with Gasteiger partial charge in [0.25, 0.3) is 0 Å². The first-order chi connectivity index (χ1) is 10.9. The number of carbonyl (C=O) groups excluding carboxylic acids is 2. The van der Waals surface area contributed by atoms with Crippen molar-refractivity contribution in [2.24, 2.45) is 5.92 Å². The van der Waals surface area contributed by atoms with Crippen molar-refractivity contribution in [3.8, 4) is 0 Å². The van der Waals surface area contributed by atoms with Crippen LogP contribution >= 0.6 is 12.2 Å². The molecule has 0 radical (unpaired) electrons. The van der Waals surface area contributed by atoms with E-state index in [0.717, 1.165) is 19.3 Å².